The molecule has 1 fully saturated rings. The van der Waals surface area contributed by atoms with Gasteiger partial charge in [-0.15, -0.1) is 11.3 Å². The van der Waals surface area contributed by atoms with Crippen molar-refractivity contribution in [3.63, 3.8) is 0 Å². The van der Waals surface area contributed by atoms with Crippen LogP contribution in [0.2, 0.25) is 0 Å². The van der Waals surface area contributed by atoms with Crippen LogP contribution in [0.5, 0.6) is 5.88 Å². The number of nitrogens with zero attached hydrogens (tertiary/aromatic N) is 5. The van der Waals surface area contributed by atoms with Crippen LogP contribution in [0, 0.1) is 0 Å². The predicted molar refractivity (Wildman–Crippen MR) is 92.4 cm³/mol. The lowest BCUT2D eigenvalue weighted by Crippen LogP contribution is -2.47. The molecule has 0 spiro atoms. The van der Waals surface area contributed by atoms with Crippen LogP contribution in [0.15, 0.2) is 23.8 Å². The van der Waals surface area contributed by atoms with Gasteiger partial charge in [0, 0.05) is 31.1 Å². The molecule has 8 heteroatoms. The third kappa shape index (κ3) is 2.65. The van der Waals surface area contributed by atoms with Gasteiger partial charge in [-0.1, -0.05) is 24.3 Å². The Morgan fingerprint density at radius 2 is 2.13 bits per heavy atom. The van der Waals surface area contributed by atoms with Crippen LogP contribution in [0.1, 0.15) is 22.7 Å². The highest BCUT2D eigenvalue weighted by atomic mass is 32.1. The molecule has 1 unspecified atom stereocenters. The molecule has 4 heterocycles. The zero-order chi connectivity index (χ0) is 15.8. The van der Waals surface area contributed by atoms with Crippen molar-refractivity contribution in [1.29, 1.82) is 0 Å². The van der Waals surface area contributed by atoms with Gasteiger partial charge in [0.05, 0.1) is 10.9 Å². The minimum atomic E-state index is 0.0857. The number of fused-ring (bicyclic) bond motifs is 1. The summed E-state index contributed by atoms with van der Waals surface area (Å²) in [5.74, 6) is 0.221. The molecule has 1 aliphatic heterocycles. The first-order valence-corrected chi connectivity index (χ1v) is 9.48. The summed E-state index contributed by atoms with van der Waals surface area (Å²) < 4.78 is 1.53. The maximum absolute atomic E-state index is 10.6. The lowest BCUT2D eigenvalue weighted by molar-refractivity contribution is 0.114. The summed E-state index contributed by atoms with van der Waals surface area (Å²) >= 11 is 3.27. The van der Waals surface area contributed by atoms with Crippen molar-refractivity contribution < 1.29 is 5.11 Å². The quantitative estimate of drug-likeness (QED) is 0.783. The summed E-state index contributed by atoms with van der Waals surface area (Å²) in [6.45, 7) is 7.45. The zero-order valence-corrected chi connectivity index (χ0v) is 14.6. The van der Waals surface area contributed by atoms with E-state index in [1.165, 1.54) is 27.1 Å². The van der Waals surface area contributed by atoms with E-state index >= 15 is 0 Å². The Bertz CT molecular complexity index is 773. The second-order valence-corrected chi connectivity index (χ2v) is 7.62. The van der Waals surface area contributed by atoms with Crippen molar-refractivity contribution in [2.45, 2.75) is 13.0 Å². The molecule has 23 heavy (non-hydrogen) atoms. The van der Waals surface area contributed by atoms with E-state index < -0.39 is 0 Å². The Morgan fingerprint density at radius 3 is 2.78 bits per heavy atom. The predicted octanol–water partition coefficient (Wildman–Crippen LogP) is 2.28. The zero-order valence-electron chi connectivity index (χ0n) is 12.9. The Kier molecular flexibility index (Phi) is 4.06. The maximum Gasteiger partial charge on any atom is 0.230 e. The number of piperazine rings is 1. The number of rotatable bonds is 4. The van der Waals surface area contributed by atoms with E-state index in [0.717, 1.165) is 42.6 Å². The summed E-state index contributed by atoms with van der Waals surface area (Å²) in [6.07, 6.45) is 1.48. The van der Waals surface area contributed by atoms with Crippen LogP contribution in [-0.2, 0) is 0 Å². The van der Waals surface area contributed by atoms with E-state index in [-0.39, 0.29) is 11.9 Å². The third-order valence-corrected chi connectivity index (χ3v) is 6.43. The first-order valence-electron chi connectivity index (χ1n) is 7.79. The van der Waals surface area contributed by atoms with E-state index in [1.54, 1.807) is 11.3 Å². The Hall–Kier alpha value is -1.48. The maximum atomic E-state index is 10.6. The molecule has 4 rings (SSSR count). The van der Waals surface area contributed by atoms with Gasteiger partial charge in [-0.3, -0.25) is 4.90 Å². The summed E-state index contributed by atoms with van der Waals surface area (Å²) in [4.78, 5) is 12.1. The molecule has 1 N–H and O–H groups in total. The van der Waals surface area contributed by atoms with Crippen molar-refractivity contribution in [1.82, 2.24) is 24.4 Å². The highest BCUT2D eigenvalue weighted by Crippen LogP contribution is 2.41. The molecule has 0 saturated carbocycles. The topological polar surface area (TPSA) is 56.9 Å². The van der Waals surface area contributed by atoms with Gasteiger partial charge in [0.25, 0.3) is 0 Å². The van der Waals surface area contributed by atoms with E-state index in [4.69, 9.17) is 0 Å². The van der Waals surface area contributed by atoms with Gasteiger partial charge >= 0.3 is 0 Å². The van der Waals surface area contributed by atoms with Crippen LogP contribution in [-0.4, -0.2) is 62.2 Å². The second kappa shape index (κ2) is 6.20. The fourth-order valence-electron chi connectivity index (χ4n) is 3.13. The van der Waals surface area contributed by atoms with Crippen molar-refractivity contribution in [2.24, 2.45) is 0 Å². The standard InChI is InChI=1S/C15H19N5OS2/c1-2-18-5-7-19(8-6-18)12(11-4-3-9-22-11)13-14(21)20-15(23-13)16-10-17-20/h3-4,9-10,12,21H,2,5-8H2,1H3. The van der Waals surface area contributed by atoms with E-state index in [2.05, 4.69) is 44.3 Å². The number of thiazole rings is 1. The number of thiophene rings is 1. The summed E-state index contributed by atoms with van der Waals surface area (Å²) in [5, 5.41) is 16.8. The Balaban J connectivity index is 1.71. The third-order valence-electron chi connectivity index (χ3n) is 4.42. The molecular formula is C15H19N5OS2. The largest absolute Gasteiger partial charge is 0.492 e. The van der Waals surface area contributed by atoms with Crippen molar-refractivity contribution in [2.75, 3.05) is 32.7 Å². The highest BCUT2D eigenvalue weighted by Gasteiger charge is 2.31. The average molecular weight is 349 g/mol. The van der Waals surface area contributed by atoms with Crippen LogP contribution in [0.25, 0.3) is 4.96 Å². The molecular weight excluding hydrogens is 330 g/mol. The molecule has 0 aliphatic carbocycles. The van der Waals surface area contributed by atoms with Crippen molar-refractivity contribution in [3.05, 3.63) is 33.6 Å². The van der Waals surface area contributed by atoms with Gasteiger partial charge in [0.1, 0.15) is 6.33 Å². The Morgan fingerprint density at radius 1 is 1.30 bits per heavy atom. The van der Waals surface area contributed by atoms with Crippen molar-refractivity contribution >= 4 is 27.6 Å². The van der Waals surface area contributed by atoms with Gasteiger partial charge in [-0.05, 0) is 18.0 Å². The number of aromatic hydroxyl groups is 1. The second-order valence-electron chi connectivity index (χ2n) is 5.63. The lowest BCUT2D eigenvalue weighted by atomic mass is 10.1. The van der Waals surface area contributed by atoms with Gasteiger partial charge < -0.3 is 10.0 Å². The van der Waals surface area contributed by atoms with E-state index in [0.29, 0.717) is 0 Å². The Labute approximate surface area is 142 Å². The van der Waals surface area contributed by atoms with Gasteiger partial charge in [0.15, 0.2) is 0 Å². The van der Waals surface area contributed by atoms with Gasteiger partial charge in [0.2, 0.25) is 10.8 Å². The molecule has 0 radical (unpaired) electrons. The molecule has 1 atom stereocenters. The van der Waals surface area contributed by atoms with Crippen LogP contribution in [0.4, 0.5) is 0 Å². The molecule has 0 amide bonds. The van der Waals surface area contributed by atoms with Crippen LogP contribution >= 0.6 is 22.7 Å². The lowest BCUT2D eigenvalue weighted by Gasteiger charge is -2.38. The van der Waals surface area contributed by atoms with Gasteiger partial charge in [-0.2, -0.15) is 9.61 Å². The highest BCUT2D eigenvalue weighted by molar-refractivity contribution is 7.17. The molecule has 6 nitrogen and oxygen atoms in total. The van der Waals surface area contributed by atoms with Crippen LogP contribution in [0.3, 0.4) is 0 Å². The first-order chi connectivity index (χ1) is 11.3. The number of likely N-dealkylation sites (N-methyl/N-ethyl adjacent to an activating group) is 1. The van der Waals surface area contributed by atoms with E-state index in [1.807, 2.05) is 0 Å². The summed E-state index contributed by atoms with van der Waals surface area (Å²) in [7, 11) is 0. The molecule has 0 aromatic carbocycles. The first kappa shape index (κ1) is 15.1. The minimum absolute atomic E-state index is 0.0857. The minimum Gasteiger partial charge on any atom is -0.492 e. The normalized spacial score (nSPS) is 18.7. The van der Waals surface area contributed by atoms with Crippen molar-refractivity contribution in [3.8, 4) is 5.88 Å². The SMILES string of the molecule is CCN1CCN(C(c2cccs2)c2sc3ncnn3c2O)CC1. The van der Waals surface area contributed by atoms with E-state index in [9.17, 15) is 5.11 Å². The number of aromatic nitrogens is 3. The monoisotopic (exact) mass is 349 g/mol. The number of hydrogen-bond acceptors (Lipinski definition) is 7. The van der Waals surface area contributed by atoms with Gasteiger partial charge in [-0.25, -0.2) is 4.98 Å². The smallest absolute Gasteiger partial charge is 0.230 e. The fourth-order valence-corrected chi connectivity index (χ4v) is 5.16. The molecule has 1 aliphatic rings. The molecule has 0 bridgehead atoms. The number of hydrogen-bond donors (Lipinski definition) is 1. The molecule has 1 saturated heterocycles. The fraction of sp³-hybridized carbons (Fsp3) is 0.467. The summed E-state index contributed by atoms with van der Waals surface area (Å²) in [6, 6.07) is 4.31. The molecule has 122 valence electrons. The van der Waals surface area contributed by atoms with Crippen LogP contribution < -0.4 is 0 Å². The average Bonchev–Trinajstić information content (AvgIpc) is 3.30. The summed E-state index contributed by atoms with van der Waals surface area (Å²) in [5.41, 5.74) is 0. The molecule has 3 aromatic rings. The molecule has 3 aromatic heterocycles.